The van der Waals surface area contributed by atoms with Crippen LogP contribution in [-0.2, 0) is 10.5 Å². The monoisotopic (exact) mass is 326 g/mol. The van der Waals surface area contributed by atoms with Crippen molar-refractivity contribution in [3.63, 3.8) is 0 Å². The summed E-state index contributed by atoms with van der Waals surface area (Å²) in [7, 11) is 0. The molecule has 1 aliphatic rings. The quantitative estimate of drug-likeness (QED) is 0.880. The van der Waals surface area contributed by atoms with Gasteiger partial charge in [0, 0.05) is 21.8 Å². The molecule has 0 bridgehead atoms. The summed E-state index contributed by atoms with van der Waals surface area (Å²) >= 11 is 7.61. The summed E-state index contributed by atoms with van der Waals surface area (Å²) in [6, 6.07) is 7.34. The van der Waals surface area contributed by atoms with Crippen LogP contribution in [0.4, 0.5) is 0 Å². The zero-order valence-corrected chi connectivity index (χ0v) is 12.9. The molecule has 2 heterocycles. The summed E-state index contributed by atoms with van der Waals surface area (Å²) in [6.45, 7) is 1.39. The Morgan fingerprint density at radius 2 is 2.24 bits per heavy atom. The number of aromatic nitrogens is 2. The van der Waals surface area contributed by atoms with E-state index in [4.69, 9.17) is 20.9 Å². The molecule has 2 aromatic rings. The number of rotatable bonds is 6. The lowest BCUT2D eigenvalue weighted by Crippen LogP contribution is -2.47. The van der Waals surface area contributed by atoms with Gasteiger partial charge in [0.2, 0.25) is 11.7 Å². The van der Waals surface area contributed by atoms with E-state index in [1.165, 1.54) is 0 Å². The molecule has 0 spiro atoms. The number of aliphatic hydroxyl groups excluding tert-OH is 1. The van der Waals surface area contributed by atoms with Gasteiger partial charge in [0.15, 0.2) is 0 Å². The Kier molecular flexibility index (Phi) is 4.49. The third-order valence-electron chi connectivity index (χ3n) is 3.34. The Hall–Kier alpha value is -1.08. The van der Waals surface area contributed by atoms with Crippen molar-refractivity contribution in [2.24, 2.45) is 5.41 Å². The smallest absolute Gasteiger partial charge is 0.236 e. The van der Waals surface area contributed by atoms with Crippen molar-refractivity contribution in [3.05, 3.63) is 35.2 Å². The highest BCUT2D eigenvalue weighted by atomic mass is 35.5. The van der Waals surface area contributed by atoms with Gasteiger partial charge >= 0.3 is 0 Å². The van der Waals surface area contributed by atoms with E-state index in [1.54, 1.807) is 23.9 Å². The molecule has 0 atom stereocenters. The zero-order chi connectivity index (χ0) is 14.7. The van der Waals surface area contributed by atoms with Crippen molar-refractivity contribution >= 4 is 23.4 Å². The Bertz CT molecular complexity index is 610. The number of nitrogens with zero attached hydrogens (tertiary/aromatic N) is 2. The number of thioether (sulfide) groups is 1. The molecule has 1 fully saturated rings. The number of hydrogen-bond acceptors (Lipinski definition) is 6. The highest BCUT2D eigenvalue weighted by Gasteiger charge is 2.37. The van der Waals surface area contributed by atoms with E-state index >= 15 is 0 Å². The largest absolute Gasteiger partial charge is 0.396 e. The Morgan fingerprint density at radius 1 is 1.38 bits per heavy atom. The first kappa shape index (κ1) is 14.8. The van der Waals surface area contributed by atoms with E-state index in [0.29, 0.717) is 35.7 Å². The molecule has 3 rings (SSSR count). The minimum absolute atomic E-state index is 0.0968. The summed E-state index contributed by atoms with van der Waals surface area (Å²) in [5.41, 5.74) is 0.738. The van der Waals surface area contributed by atoms with E-state index in [0.717, 1.165) is 11.3 Å². The first-order chi connectivity index (χ1) is 10.2. The average Bonchev–Trinajstić information content (AvgIpc) is 2.91. The van der Waals surface area contributed by atoms with Crippen LogP contribution in [0, 0.1) is 5.41 Å². The van der Waals surface area contributed by atoms with Crippen LogP contribution in [-0.4, -0.2) is 40.8 Å². The predicted molar refractivity (Wildman–Crippen MR) is 81.2 cm³/mol. The maximum Gasteiger partial charge on any atom is 0.236 e. The summed E-state index contributed by atoms with van der Waals surface area (Å²) < 4.78 is 10.4. The molecule has 21 heavy (non-hydrogen) atoms. The lowest BCUT2D eigenvalue weighted by atomic mass is 9.90. The molecule has 1 aliphatic heterocycles. The minimum atomic E-state index is -0.0968. The SMILES string of the molecule is OCC1(CSCc2nc(-c3cccc(Cl)c3)no2)COC1. The molecule has 0 radical (unpaired) electrons. The van der Waals surface area contributed by atoms with E-state index in [1.807, 2.05) is 12.1 Å². The van der Waals surface area contributed by atoms with Crippen LogP contribution in [0.2, 0.25) is 5.02 Å². The van der Waals surface area contributed by atoms with Crippen molar-refractivity contribution in [2.45, 2.75) is 5.75 Å². The highest BCUT2D eigenvalue weighted by molar-refractivity contribution is 7.98. The number of benzene rings is 1. The predicted octanol–water partition coefficient (Wildman–Crippen LogP) is 2.63. The molecule has 1 aromatic heterocycles. The molecule has 0 saturated carbocycles. The highest BCUT2D eigenvalue weighted by Crippen LogP contribution is 2.32. The maximum absolute atomic E-state index is 9.36. The summed E-state index contributed by atoms with van der Waals surface area (Å²) in [5, 5.41) is 14.0. The van der Waals surface area contributed by atoms with E-state index in [2.05, 4.69) is 10.1 Å². The zero-order valence-electron chi connectivity index (χ0n) is 11.3. The molecule has 1 N–H and O–H groups in total. The molecule has 0 aliphatic carbocycles. The van der Waals surface area contributed by atoms with Crippen molar-refractivity contribution < 1.29 is 14.4 Å². The van der Waals surface area contributed by atoms with Crippen LogP contribution in [0.3, 0.4) is 0 Å². The Balaban J connectivity index is 1.58. The molecule has 0 unspecified atom stereocenters. The second-order valence-electron chi connectivity index (χ2n) is 5.17. The van der Waals surface area contributed by atoms with Gasteiger partial charge in [-0.3, -0.25) is 0 Å². The normalized spacial score (nSPS) is 16.7. The number of aliphatic hydroxyl groups is 1. The Morgan fingerprint density at radius 3 is 2.90 bits per heavy atom. The maximum atomic E-state index is 9.36. The molecule has 1 aromatic carbocycles. The molecular formula is C14H15ClN2O3S. The van der Waals surface area contributed by atoms with Crippen molar-refractivity contribution in [1.29, 1.82) is 0 Å². The topological polar surface area (TPSA) is 68.4 Å². The van der Waals surface area contributed by atoms with Crippen LogP contribution in [0.15, 0.2) is 28.8 Å². The number of halogens is 1. The van der Waals surface area contributed by atoms with Crippen molar-refractivity contribution in [3.8, 4) is 11.4 Å². The van der Waals surface area contributed by atoms with Gasteiger partial charge in [-0.2, -0.15) is 16.7 Å². The van der Waals surface area contributed by atoms with Crippen molar-refractivity contribution in [2.75, 3.05) is 25.6 Å². The number of hydrogen-bond donors (Lipinski definition) is 1. The molecule has 112 valence electrons. The van der Waals surface area contributed by atoms with E-state index in [9.17, 15) is 5.11 Å². The lowest BCUT2D eigenvalue weighted by molar-refractivity contribution is -0.121. The minimum Gasteiger partial charge on any atom is -0.396 e. The van der Waals surface area contributed by atoms with Gasteiger partial charge in [-0.15, -0.1) is 0 Å². The summed E-state index contributed by atoms with van der Waals surface area (Å²) in [4.78, 5) is 4.36. The average molecular weight is 327 g/mol. The molecule has 7 heteroatoms. The Labute approximate surface area is 131 Å². The van der Waals surface area contributed by atoms with Gasteiger partial charge in [0.1, 0.15) is 0 Å². The summed E-state index contributed by atoms with van der Waals surface area (Å²) in [5.74, 6) is 2.55. The second-order valence-corrected chi connectivity index (χ2v) is 6.59. The molecule has 1 saturated heterocycles. The fourth-order valence-electron chi connectivity index (χ4n) is 2.02. The van der Waals surface area contributed by atoms with Crippen LogP contribution >= 0.6 is 23.4 Å². The van der Waals surface area contributed by atoms with Crippen LogP contribution < -0.4 is 0 Å². The van der Waals surface area contributed by atoms with Gasteiger partial charge in [-0.05, 0) is 12.1 Å². The fourth-order valence-corrected chi connectivity index (χ4v) is 3.30. The van der Waals surface area contributed by atoms with Crippen LogP contribution in [0.25, 0.3) is 11.4 Å². The fraction of sp³-hybridized carbons (Fsp3) is 0.429. The lowest BCUT2D eigenvalue weighted by Gasteiger charge is -2.39. The van der Waals surface area contributed by atoms with E-state index in [-0.39, 0.29) is 12.0 Å². The second kappa shape index (κ2) is 6.36. The molecule has 5 nitrogen and oxygen atoms in total. The number of ether oxygens (including phenoxy) is 1. The summed E-state index contributed by atoms with van der Waals surface area (Å²) in [6.07, 6.45) is 0. The first-order valence-electron chi connectivity index (χ1n) is 6.56. The molecule has 0 amide bonds. The van der Waals surface area contributed by atoms with Crippen LogP contribution in [0.1, 0.15) is 5.89 Å². The van der Waals surface area contributed by atoms with Gasteiger partial charge < -0.3 is 14.4 Å². The third kappa shape index (κ3) is 3.40. The van der Waals surface area contributed by atoms with Crippen LogP contribution in [0.5, 0.6) is 0 Å². The van der Waals surface area contributed by atoms with Gasteiger partial charge in [0.25, 0.3) is 0 Å². The standard InChI is InChI=1S/C14H15ClN2O3S/c15-11-3-1-2-10(4-11)13-16-12(20-17-13)5-21-9-14(6-18)7-19-8-14/h1-4,18H,5-9H2. The van der Waals surface area contributed by atoms with Gasteiger partial charge in [-0.1, -0.05) is 28.9 Å². The first-order valence-corrected chi connectivity index (χ1v) is 8.09. The molecular weight excluding hydrogens is 312 g/mol. The van der Waals surface area contributed by atoms with E-state index < -0.39 is 0 Å². The van der Waals surface area contributed by atoms with Gasteiger partial charge in [0.05, 0.1) is 25.6 Å². The van der Waals surface area contributed by atoms with Crippen molar-refractivity contribution in [1.82, 2.24) is 10.1 Å². The third-order valence-corrected chi connectivity index (χ3v) is 4.84. The van der Waals surface area contributed by atoms with Gasteiger partial charge in [-0.25, -0.2) is 0 Å².